The summed E-state index contributed by atoms with van der Waals surface area (Å²) in [5.41, 5.74) is 2.16. The standard InChI is InChI=1S/C22H20N4O5/c1-23-14-7-5-12(6-8-14)19(28)24-11-13-3-2-4-15-18(13)22(31)26(21(15)30)16-9-10-17(27)25-20(16)29/h2-8,16,23H,9-11H2,1H3,(H,24,28)(H,25,27,29). The molecule has 0 spiro atoms. The van der Waals surface area contributed by atoms with Crippen LogP contribution in [0.5, 0.6) is 0 Å². The minimum Gasteiger partial charge on any atom is -0.388 e. The Labute approximate surface area is 177 Å². The maximum absolute atomic E-state index is 13.1. The maximum Gasteiger partial charge on any atom is 0.262 e. The van der Waals surface area contributed by atoms with Gasteiger partial charge in [-0.2, -0.15) is 0 Å². The minimum atomic E-state index is -1.03. The molecule has 0 bridgehead atoms. The van der Waals surface area contributed by atoms with E-state index in [-0.39, 0.29) is 36.4 Å². The number of carbonyl (C=O) groups excluding carboxylic acids is 5. The van der Waals surface area contributed by atoms with Gasteiger partial charge in [-0.25, -0.2) is 0 Å². The van der Waals surface area contributed by atoms with Crippen LogP contribution in [0.3, 0.4) is 0 Å². The molecule has 31 heavy (non-hydrogen) atoms. The molecule has 0 aliphatic carbocycles. The lowest BCUT2D eigenvalue weighted by Crippen LogP contribution is -2.54. The lowest BCUT2D eigenvalue weighted by atomic mass is 10.0. The van der Waals surface area contributed by atoms with Gasteiger partial charge in [0.2, 0.25) is 11.8 Å². The summed E-state index contributed by atoms with van der Waals surface area (Å²) in [6.45, 7) is 0.0397. The first kappa shape index (κ1) is 20.3. The summed E-state index contributed by atoms with van der Waals surface area (Å²) >= 11 is 0. The first-order chi connectivity index (χ1) is 14.9. The van der Waals surface area contributed by atoms with Gasteiger partial charge in [0.05, 0.1) is 11.1 Å². The van der Waals surface area contributed by atoms with Crippen molar-refractivity contribution in [1.82, 2.24) is 15.5 Å². The molecule has 1 unspecified atom stereocenters. The molecule has 2 aliphatic heterocycles. The van der Waals surface area contributed by atoms with Crippen molar-refractivity contribution in [3.05, 3.63) is 64.7 Å². The molecule has 0 radical (unpaired) electrons. The van der Waals surface area contributed by atoms with Crippen molar-refractivity contribution in [2.75, 3.05) is 12.4 Å². The van der Waals surface area contributed by atoms with Gasteiger partial charge < -0.3 is 10.6 Å². The molecule has 5 amide bonds. The first-order valence-corrected chi connectivity index (χ1v) is 9.80. The van der Waals surface area contributed by atoms with E-state index in [1.165, 1.54) is 6.07 Å². The molecule has 2 aliphatic rings. The highest BCUT2D eigenvalue weighted by Gasteiger charge is 2.45. The Hall–Kier alpha value is -4.01. The quantitative estimate of drug-likeness (QED) is 0.622. The first-order valence-electron chi connectivity index (χ1n) is 9.80. The lowest BCUT2D eigenvalue weighted by Gasteiger charge is -2.27. The lowest BCUT2D eigenvalue weighted by molar-refractivity contribution is -0.136. The highest BCUT2D eigenvalue weighted by Crippen LogP contribution is 2.30. The second-order valence-corrected chi connectivity index (χ2v) is 7.30. The molecule has 9 heteroatoms. The molecular weight excluding hydrogens is 400 g/mol. The third-order valence-electron chi connectivity index (χ3n) is 5.43. The van der Waals surface area contributed by atoms with Gasteiger partial charge in [0, 0.05) is 31.3 Å². The number of hydrogen-bond acceptors (Lipinski definition) is 6. The monoisotopic (exact) mass is 420 g/mol. The van der Waals surface area contributed by atoms with Gasteiger partial charge in [0.15, 0.2) is 0 Å². The average molecular weight is 420 g/mol. The predicted octanol–water partition coefficient (Wildman–Crippen LogP) is 1.06. The zero-order valence-corrected chi connectivity index (χ0v) is 16.7. The topological polar surface area (TPSA) is 125 Å². The van der Waals surface area contributed by atoms with Gasteiger partial charge in [0.1, 0.15) is 6.04 Å². The highest BCUT2D eigenvalue weighted by molar-refractivity contribution is 6.24. The van der Waals surface area contributed by atoms with Gasteiger partial charge in [-0.15, -0.1) is 0 Å². The van der Waals surface area contributed by atoms with E-state index in [0.29, 0.717) is 11.1 Å². The Morgan fingerprint density at radius 1 is 1.06 bits per heavy atom. The number of piperidine rings is 1. The summed E-state index contributed by atoms with van der Waals surface area (Å²) in [6, 6.07) is 10.7. The van der Waals surface area contributed by atoms with Gasteiger partial charge in [0.25, 0.3) is 17.7 Å². The number of imide groups is 2. The van der Waals surface area contributed by atoms with Crippen molar-refractivity contribution in [3.8, 4) is 0 Å². The summed E-state index contributed by atoms with van der Waals surface area (Å²) in [7, 11) is 1.78. The fourth-order valence-corrected chi connectivity index (χ4v) is 3.80. The fourth-order valence-electron chi connectivity index (χ4n) is 3.80. The fraction of sp³-hybridized carbons (Fsp3) is 0.227. The second kappa shape index (κ2) is 8.02. The van der Waals surface area contributed by atoms with E-state index >= 15 is 0 Å². The van der Waals surface area contributed by atoms with Crippen molar-refractivity contribution < 1.29 is 24.0 Å². The third kappa shape index (κ3) is 3.65. The largest absolute Gasteiger partial charge is 0.388 e. The van der Waals surface area contributed by atoms with Crippen LogP contribution in [0.15, 0.2) is 42.5 Å². The smallest absolute Gasteiger partial charge is 0.262 e. The number of nitrogens with one attached hydrogen (secondary N) is 3. The van der Waals surface area contributed by atoms with Crippen LogP contribution in [-0.2, 0) is 16.1 Å². The van der Waals surface area contributed by atoms with Crippen molar-refractivity contribution in [3.63, 3.8) is 0 Å². The molecule has 2 aromatic carbocycles. The number of benzene rings is 2. The van der Waals surface area contributed by atoms with Crippen LogP contribution in [0.4, 0.5) is 5.69 Å². The molecule has 1 saturated heterocycles. The number of nitrogens with zero attached hydrogens (tertiary/aromatic N) is 1. The number of carbonyl (C=O) groups is 5. The number of hydrogen-bond donors (Lipinski definition) is 3. The van der Waals surface area contributed by atoms with Gasteiger partial charge in [-0.3, -0.25) is 34.2 Å². The van der Waals surface area contributed by atoms with Crippen LogP contribution < -0.4 is 16.0 Å². The third-order valence-corrected chi connectivity index (χ3v) is 5.43. The summed E-state index contributed by atoms with van der Waals surface area (Å²) in [5.74, 6) is -2.59. The summed E-state index contributed by atoms with van der Waals surface area (Å²) in [4.78, 5) is 62.9. The van der Waals surface area contributed by atoms with E-state index in [1.807, 2.05) is 0 Å². The number of amides is 5. The normalized spacial score (nSPS) is 18.0. The highest BCUT2D eigenvalue weighted by atomic mass is 16.2. The van der Waals surface area contributed by atoms with Crippen LogP contribution in [0, 0.1) is 0 Å². The van der Waals surface area contributed by atoms with Gasteiger partial charge in [-0.1, -0.05) is 12.1 Å². The van der Waals surface area contributed by atoms with Gasteiger partial charge >= 0.3 is 0 Å². The maximum atomic E-state index is 13.1. The molecule has 0 saturated carbocycles. The molecular formula is C22H20N4O5. The van der Waals surface area contributed by atoms with Crippen molar-refractivity contribution in [1.29, 1.82) is 0 Å². The van der Waals surface area contributed by atoms with Gasteiger partial charge in [-0.05, 0) is 42.3 Å². The number of fused-ring (bicyclic) bond motifs is 1. The van der Waals surface area contributed by atoms with E-state index in [0.717, 1.165) is 10.6 Å². The Bertz CT molecular complexity index is 1110. The second-order valence-electron chi connectivity index (χ2n) is 7.30. The molecule has 0 aromatic heterocycles. The van der Waals surface area contributed by atoms with Crippen molar-refractivity contribution in [2.24, 2.45) is 0 Å². The summed E-state index contributed by atoms with van der Waals surface area (Å²) < 4.78 is 0. The Morgan fingerprint density at radius 2 is 1.81 bits per heavy atom. The Balaban J connectivity index is 1.53. The van der Waals surface area contributed by atoms with E-state index < -0.39 is 29.7 Å². The Morgan fingerprint density at radius 3 is 2.48 bits per heavy atom. The minimum absolute atomic E-state index is 0.0397. The molecule has 2 aromatic rings. The van der Waals surface area contributed by atoms with Crippen LogP contribution in [-0.4, -0.2) is 47.5 Å². The van der Waals surface area contributed by atoms with Crippen LogP contribution in [0.25, 0.3) is 0 Å². The molecule has 3 N–H and O–H groups in total. The zero-order valence-electron chi connectivity index (χ0n) is 16.7. The summed E-state index contributed by atoms with van der Waals surface area (Å²) in [6.07, 6.45) is 0.143. The molecule has 2 heterocycles. The van der Waals surface area contributed by atoms with Crippen LogP contribution >= 0.6 is 0 Å². The Kier molecular flexibility index (Phi) is 5.24. The van der Waals surface area contributed by atoms with Crippen molar-refractivity contribution >= 4 is 35.2 Å². The van der Waals surface area contributed by atoms with Crippen molar-refractivity contribution in [2.45, 2.75) is 25.4 Å². The van der Waals surface area contributed by atoms with E-state index in [1.54, 1.807) is 43.4 Å². The van der Waals surface area contributed by atoms with E-state index in [4.69, 9.17) is 0 Å². The average Bonchev–Trinajstić information content (AvgIpc) is 3.03. The SMILES string of the molecule is CNc1ccc(C(=O)NCc2cccc3c2C(=O)N(C2CCC(=O)NC2=O)C3=O)cc1. The number of rotatable bonds is 5. The molecule has 1 atom stereocenters. The molecule has 4 rings (SSSR count). The summed E-state index contributed by atoms with van der Waals surface area (Å²) in [5, 5.41) is 7.90. The predicted molar refractivity (Wildman–Crippen MR) is 110 cm³/mol. The van der Waals surface area contributed by atoms with E-state index in [9.17, 15) is 24.0 Å². The van der Waals surface area contributed by atoms with E-state index in [2.05, 4.69) is 16.0 Å². The molecule has 9 nitrogen and oxygen atoms in total. The van der Waals surface area contributed by atoms with Crippen LogP contribution in [0.2, 0.25) is 0 Å². The molecule has 1 fully saturated rings. The van der Waals surface area contributed by atoms with Crippen LogP contribution in [0.1, 0.15) is 49.5 Å². The molecule has 158 valence electrons. The zero-order chi connectivity index (χ0) is 22.1. The number of anilines is 1.